The van der Waals surface area contributed by atoms with Crippen LogP contribution >= 0.6 is 11.6 Å². The van der Waals surface area contributed by atoms with E-state index in [1.54, 1.807) is 29.2 Å². The second-order valence-corrected chi connectivity index (χ2v) is 4.93. The number of hydrogen-bond acceptors (Lipinski definition) is 3. The van der Waals surface area contributed by atoms with Crippen molar-refractivity contribution in [2.45, 2.75) is 13.5 Å². The molecule has 0 atom stereocenters. The number of carboxylic acid groups (broad SMARTS) is 1. The lowest BCUT2D eigenvalue weighted by Crippen LogP contribution is -2.29. The quantitative estimate of drug-likeness (QED) is 0.919. The van der Waals surface area contributed by atoms with Gasteiger partial charge in [0.2, 0.25) is 0 Å². The van der Waals surface area contributed by atoms with Crippen LogP contribution in [0.15, 0.2) is 42.5 Å². The van der Waals surface area contributed by atoms with Gasteiger partial charge in [-0.05, 0) is 43.3 Å². The molecule has 0 amide bonds. The Hall–Kier alpha value is -2.07. The average molecular weight is 291 g/mol. The third-order valence-electron chi connectivity index (χ3n) is 2.82. The van der Waals surface area contributed by atoms with Gasteiger partial charge in [0.05, 0.1) is 12.2 Å². The topological polar surface area (TPSA) is 53.4 Å². The Bertz CT molecular complexity index is 599. The largest absolute Gasteiger partial charge is 0.480 e. The van der Waals surface area contributed by atoms with Gasteiger partial charge in [0.25, 0.3) is 0 Å². The molecule has 0 aliphatic carbocycles. The van der Waals surface area contributed by atoms with Crippen LogP contribution in [0.1, 0.15) is 11.4 Å². The summed E-state index contributed by atoms with van der Waals surface area (Å²) in [6.45, 7) is 2.26. The molecule has 0 fully saturated rings. The molecular formula is C15H15ClN2O2. The predicted octanol–water partition coefficient (Wildman–Crippen LogP) is 3.13. The maximum absolute atomic E-state index is 11.0. The number of carboxylic acids is 1. The van der Waals surface area contributed by atoms with Gasteiger partial charge < -0.3 is 10.0 Å². The van der Waals surface area contributed by atoms with E-state index in [0.717, 1.165) is 17.1 Å². The van der Waals surface area contributed by atoms with Gasteiger partial charge in [-0.2, -0.15) is 0 Å². The minimum Gasteiger partial charge on any atom is -0.480 e. The first-order chi connectivity index (χ1) is 9.54. The van der Waals surface area contributed by atoms with Crippen LogP contribution < -0.4 is 4.90 Å². The summed E-state index contributed by atoms with van der Waals surface area (Å²) < 4.78 is 0. The maximum Gasteiger partial charge on any atom is 0.323 e. The van der Waals surface area contributed by atoms with E-state index in [9.17, 15) is 4.79 Å². The van der Waals surface area contributed by atoms with Crippen LogP contribution in [-0.4, -0.2) is 22.6 Å². The van der Waals surface area contributed by atoms with Gasteiger partial charge in [-0.25, -0.2) is 0 Å². The van der Waals surface area contributed by atoms with E-state index >= 15 is 0 Å². The van der Waals surface area contributed by atoms with Crippen molar-refractivity contribution in [1.82, 2.24) is 4.98 Å². The lowest BCUT2D eigenvalue weighted by molar-refractivity contribution is -0.135. The third-order valence-corrected chi connectivity index (χ3v) is 3.07. The summed E-state index contributed by atoms with van der Waals surface area (Å²) in [5.41, 5.74) is 2.55. The SMILES string of the molecule is Cc1cccc(CN(CC(=O)O)c2ccc(Cl)cc2)n1. The Balaban J connectivity index is 2.23. The Kier molecular flexibility index (Phi) is 4.58. The number of anilines is 1. The molecule has 1 aromatic carbocycles. The fourth-order valence-corrected chi connectivity index (χ4v) is 2.06. The lowest BCUT2D eigenvalue weighted by Gasteiger charge is -2.22. The summed E-state index contributed by atoms with van der Waals surface area (Å²) in [7, 11) is 0. The second kappa shape index (κ2) is 6.39. The van der Waals surface area contributed by atoms with Gasteiger partial charge in [0.15, 0.2) is 0 Å². The fourth-order valence-electron chi connectivity index (χ4n) is 1.94. The Morgan fingerprint density at radius 2 is 1.95 bits per heavy atom. The third kappa shape index (κ3) is 3.96. The number of pyridine rings is 1. The zero-order valence-corrected chi connectivity index (χ0v) is 11.8. The van der Waals surface area contributed by atoms with Crippen LogP contribution in [-0.2, 0) is 11.3 Å². The van der Waals surface area contributed by atoms with Crippen molar-refractivity contribution in [1.29, 1.82) is 0 Å². The molecular weight excluding hydrogens is 276 g/mol. The van der Waals surface area contributed by atoms with E-state index in [4.69, 9.17) is 16.7 Å². The molecule has 1 N–H and O–H groups in total. The van der Waals surface area contributed by atoms with Gasteiger partial charge in [-0.15, -0.1) is 0 Å². The Morgan fingerprint density at radius 1 is 1.25 bits per heavy atom. The summed E-state index contributed by atoms with van der Waals surface area (Å²) in [6, 6.07) is 12.8. The van der Waals surface area contributed by atoms with E-state index in [1.165, 1.54) is 0 Å². The molecule has 0 aliphatic heterocycles. The molecule has 5 heteroatoms. The highest BCUT2D eigenvalue weighted by Crippen LogP contribution is 2.19. The molecule has 0 aliphatic rings. The normalized spacial score (nSPS) is 10.3. The highest BCUT2D eigenvalue weighted by Gasteiger charge is 2.12. The monoisotopic (exact) mass is 290 g/mol. The van der Waals surface area contributed by atoms with Crippen molar-refractivity contribution >= 4 is 23.3 Å². The number of benzene rings is 1. The van der Waals surface area contributed by atoms with E-state index in [0.29, 0.717) is 11.6 Å². The lowest BCUT2D eigenvalue weighted by atomic mass is 10.2. The Labute approximate surface area is 122 Å². The van der Waals surface area contributed by atoms with Gasteiger partial charge in [-0.3, -0.25) is 9.78 Å². The van der Waals surface area contributed by atoms with E-state index in [-0.39, 0.29) is 6.54 Å². The van der Waals surface area contributed by atoms with Crippen molar-refractivity contribution in [2.24, 2.45) is 0 Å². The molecule has 4 nitrogen and oxygen atoms in total. The fraction of sp³-hybridized carbons (Fsp3) is 0.200. The van der Waals surface area contributed by atoms with Crippen LogP contribution in [0.25, 0.3) is 0 Å². The molecule has 1 aromatic heterocycles. The number of hydrogen-bond donors (Lipinski definition) is 1. The van der Waals surface area contributed by atoms with Crippen molar-refractivity contribution in [3.8, 4) is 0 Å². The summed E-state index contributed by atoms with van der Waals surface area (Å²) in [6.07, 6.45) is 0. The van der Waals surface area contributed by atoms with Gasteiger partial charge in [0, 0.05) is 16.4 Å². The first-order valence-corrected chi connectivity index (χ1v) is 6.57. The highest BCUT2D eigenvalue weighted by atomic mass is 35.5. The number of nitrogens with zero attached hydrogens (tertiary/aromatic N) is 2. The molecule has 104 valence electrons. The molecule has 0 radical (unpaired) electrons. The standard InChI is InChI=1S/C15H15ClN2O2/c1-11-3-2-4-13(17-11)9-18(10-15(19)20)14-7-5-12(16)6-8-14/h2-8H,9-10H2,1H3,(H,19,20). The minimum absolute atomic E-state index is 0.0861. The van der Waals surface area contributed by atoms with Crippen LogP contribution in [0.3, 0.4) is 0 Å². The predicted molar refractivity (Wildman–Crippen MR) is 79.1 cm³/mol. The van der Waals surface area contributed by atoms with E-state index in [1.807, 2.05) is 25.1 Å². The summed E-state index contributed by atoms with van der Waals surface area (Å²) in [4.78, 5) is 17.2. The van der Waals surface area contributed by atoms with Crippen LogP contribution in [0.2, 0.25) is 5.02 Å². The second-order valence-electron chi connectivity index (χ2n) is 4.50. The van der Waals surface area contributed by atoms with Crippen LogP contribution in [0.4, 0.5) is 5.69 Å². The maximum atomic E-state index is 11.0. The molecule has 0 saturated heterocycles. The van der Waals surface area contributed by atoms with Crippen molar-refractivity contribution < 1.29 is 9.90 Å². The van der Waals surface area contributed by atoms with Crippen molar-refractivity contribution in [3.05, 3.63) is 58.9 Å². The van der Waals surface area contributed by atoms with Crippen LogP contribution in [0, 0.1) is 6.92 Å². The van der Waals surface area contributed by atoms with Crippen molar-refractivity contribution in [2.75, 3.05) is 11.4 Å². The number of aliphatic carboxylic acids is 1. The number of rotatable bonds is 5. The summed E-state index contributed by atoms with van der Waals surface area (Å²) in [5, 5.41) is 9.67. The molecule has 20 heavy (non-hydrogen) atoms. The number of carbonyl (C=O) groups is 1. The van der Waals surface area contributed by atoms with Crippen LogP contribution in [0.5, 0.6) is 0 Å². The van der Waals surface area contributed by atoms with Gasteiger partial charge in [-0.1, -0.05) is 17.7 Å². The van der Waals surface area contributed by atoms with E-state index < -0.39 is 5.97 Å². The molecule has 1 heterocycles. The summed E-state index contributed by atoms with van der Waals surface area (Å²) >= 11 is 5.86. The van der Waals surface area contributed by atoms with Gasteiger partial charge >= 0.3 is 5.97 Å². The van der Waals surface area contributed by atoms with E-state index in [2.05, 4.69) is 4.98 Å². The molecule has 0 bridgehead atoms. The minimum atomic E-state index is -0.882. The number of halogens is 1. The Morgan fingerprint density at radius 3 is 2.55 bits per heavy atom. The first-order valence-electron chi connectivity index (χ1n) is 6.19. The van der Waals surface area contributed by atoms with Gasteiger partial charge in [0.1, 0.15) is 6.54 Å². The number of aromatic nitrogens is 1. The number of aryl methyl sites for hydroxylation is 1. The highest BCUT2D eigenvalue weighted by molar-refractivity contribution is 6.30. The van der Waals surface area contributed by atoms with Crippen molar-refractivity contribution in [3.63, 3.8) is 0 Å². The molecule has 0 spiro atoms. The zero-order chi connectivity index (χ0) is 14.5. The average Bonchev–Trinajstić information content (AvgIpc) is 2.38. The smallest absolute Gasteiger partial charge is 0.323 e. The molecule has 2 rings (SSSR count). The first kappa shape index (κ1) is 14.3. The summed E-state index contributed by atoms with van der Waals surface area (Å²) in [5.74, 6) is -0.882. The molecule has 2 aromatic rings. The molecule has 0 unspecified atom stereocenters. The zero-order valence-electron chi connectivity index (χ0n) is 11.1. The molecule has 0 saturated carbocycles.